The highest BCUT2D eigenvalue weighted by atomic mass is 35.5. The fraction of sp³-hybridized carbons (Fsp3) is 0.111. The van der Waals surface area contributed by atoms with Gasteiger partial charge >= 0.3 is 6.18 Å². The van der Waals surface area contributed by atoms with Crippen LogP contribution < -0.4 is 5.56 Å². The van der Waals surface area contributed by atoms with Crippen molar-refractivity contribution in [2.45, 2.75) is 6.18 Å². The molecular formula is C18H10Cl2F3N5O. The van der Waals surface area contributed by atoms with E-state index in [2.05, 4.69) is 15.1 Å². The predicted octanol–water partition coefficient (Wildman–Crippen LogP) is 4.51. The molecule has 0 fully saturated rings. The molecule has 0 spiro atoms. The molecule has 0 saturated carbocycles. The maximum atomic E-state index is 13.4. The third kappa shape index (κ3) is 3.26. The third-order valence-corrected chi connectivity index (χ3v) is 4.83. The van der Waals surface area contributed by atoms with Crippen LogP contribution in [0.15, 0.2) is 47.4 Å². The van der Waals surface area contributed by atoms with Gasteiger partial charge in [0.05, 0.1) is 20.9 Å². The predicted molar refractivity (Wildman–Crippen MR) is 102 cm³/mol. The summed E-state index contributed by atoms with van der Waals surface area (Å²) in [6, 6.07) is 8.45. The van der Waals surface area contributed by atoms with E-state index in [0.717, 1.165) is 15.3 Å². The molecule has 6 nitrogen and oxygen atoms in total. The molecule has 29 heavy (non-hydrogen) atoms. The number of alkyl halides is 3. The Morgan fingerprint density at radius 2 is 1.79 bits per heavy atom. The second-order valence-electron chi connectivity index (χ2n) is 6.07. The molecule has 0 saturated heterocycles. The molecule has 1 aromatic carbocycles. The van der Waals surface area contributed by atoms with E-state index in [1.54, 1.807) is 6.07 Å². The summed E-state index contributed by atoms with van der Waals surface area (Å²) < 4.78 is 42.2. The van der Waals surface area contributed by atoms with Gasteiger partial charge in [-0.2, -0.15) is 18.3 Å². The summed E-state index contributed by atoms with van der Waals surface area (Å²) in [7, 11) is 1.40. The normalized spacial score (nSPS) is 11.9. The van der Waals surface area contributed by atoms with E-state index in [1.165, 1.54) is 37.5 Å². The first-order valence-electron chi connectivity index (χ1n) is 8.12. The van der Waals surface area contributed by atoms with Gasteiger partial charge in [0.15, 0.2) is 17.3 Å². The van der Waals surface area contributed by atoms with Crippen molar-refractivity contribution in [3.63, 3.8) is 0 Å². The topological polar surface area (TPSA) is 65.6 Å². The van der Waals surface area contributed by atoms with Crippen molar-refractivity contribution in [2.75, 3.05) is 0 Å². The zero-order chi connectivity index (χ0) is 20.9. The number of rotatable bonds is 2. The lowest BCUT2D eigenvalue weighted by Crippen LogP contribution is -2.21. The molecule has 0 atom stereocenters. The number of para-hydroxylation sites is 1. The van der Waals surface area contributed by atoms with E-state index in [0.29, 0.717) is 0 Å². The molecule has 0 bridgehead atoms. The van der Waals surface area contributed by atoms with Gasteiger partial charge in [0, 0.05) is 19.3 Å². The SMILES string of the molecule is Cn1c(-c2cc(C(F)(F)F)nn2-c2ncccc2Cl)nc2c(Cl)cccc2c1=O. The third-order valence-electron chi connectivity index (χ3n) is 4.23. The minimum absolute atomic E-state index is 0.0341. The molecule has 0 aliphatic rings. The summed E-state index contributed by atoms with van der Waals surface area (Å²) in [5, 5.41) is 4.13. The van der Waals surface area contributed by atoms with Crippen LogP contribution in [0.3, 0.4) is 0 Å². The summed E-state index contributed by atoms with van der Waals surface area (Å²) in [4.78, 5) is 21.1. The van der Waals surface area contributed by atoms with Crippen molar-refractivity contribution in [3.05, 3.63) is 68.7 Å². The van der Waals surface area contributed by atoms with E-state index in [-0.39, 0.29) is 38.3 Å². The Morgan fingerprint density at radius 1 is 1.07 bits per heavy atom. The fourth-order valence-electron chi connectivity index (χ4n) is 2.86. The van der Waals surface area contributed by atoms with Crippen LogP contribution in [0, 0.1) is 0 Å². The first-order valence-corrected chi connectivity index (χ1v) is 8.88. The number of pyridine rings is 1. The van der Waals surface area contributed by atoms with Gasteiger partial charge in [0.25, 0.3) is 5.56 Å². The van der Waals surface area contributed by atoms with Crippen molar-refractivity contribution in [1.82, 2.24) is 24.3 Å². The van der Waals surface area contributed by atoms with E-state index >= 15 is 0 Å². The average molecular weight is 440 g/mol. The highest BCUT2D eigenvalue weighted by Gasteiger charge is 2.36. The molecule has 0 unspecified atom stereocenters. The highest BCUT2D eigenvalue weighted by Crippen LogP contribution is 2.34. The molecule has 3 heterocycles. The Balaban J connectivity index is 2.09. The van der Waals surface area contributed by atoms with Gasteiger partial charge in [0.1, 0.15) is 5.69 Å². The number of hydrogen-bond acceptors (Lipinski definition) is 4. The molecule has 11 heteroatoms. The quantitative estimate of drug-likeness (QED) is 0.460. The van der Waals surface area contributed by atoms with Crippen LogP contribution >= 0.6 is 23.2 Å². The summed E-state index contributed by atoms with van der Waals surface area (Å²) in [6.45, 7) is 0. The maximum Gasteiger partial charge on any atom is 0.435 e. The molecule has 0 N–H and O–H groups in total. The van der Waals surface area contributed by atoms with Gasteiger partial charge in [-0.15, -0.1) is 0 Å². The van der Waals surface area contributed by atoms with Gasteiger partial charge in [-0.1, -0.05) is 29.3 Å². The number of aromatic nitrogens is 5. The van der Waals surface area contributed by atoms with Gasteiger partial charge < -0.3 is 0 Å². The van der Waals surface area contributed by atoms with Crippen LogP contribution in [-0.2, 0) is 13.2 Å². The van der Waals surface area contributed by atoms with Crippen LogP contribution in [-0.4, -0.2) is 24.3 Å². The second kappa shape index (κ2) is 6.85. The van der Waals surface area contributed by atoms with Crippen LogP contribution in [0.25, 0.3) is 28.2 Å². The number of nitrogens with zero attached hydrogens (tertiary/aromatic N) is 5. The number of halogens is 5. The van der Waals surface area contributed by atoms with Crippen LogP contribution in [0.1, 0.15) is 5.69 Å². The first kappa shape index (κ1) is 19.4. The zero-order valence-corrected chi connectivity index (χ0v) is 16.1. The summed E-state index contributed by atoms with van der Waals surface area (Å²) in [6.07, 6.45) is -3.36. The minimum Gasteiger partial charge on any atom is -0.294 e. The van der Waals surface area contributed by atoms with Gasteiger partial charge in [-0.3, -0.25) is 9.36 Å². The zero-order valence-electron chi connectivity index (χ0n) is 14.6. The Kier molecular flexibility index (Phi) is 4.59. The fourth-order valence-corrected chi connectivity index (χ4v) is 3.28. The van der Waals surface area contributed by atoms with E-state index < -0.39 is 17.4 Å². The highest BCUT2D eigenvalue weighted by molar-refractivity contribution is 6.35. The molecule has 0 aliphatic heterocycles. The second-order valence-corrected chi connectivity index (χ2v) is 6.88. The Morgan fingerprint density at radius 3 is 2.48 bits per heavy atom. The van der Waals surface area contributed by atoms with Crippen molar-refractivity contribution < 1.29 is 13.2 Å². The minimum atomic E-state index is -4.73. The molecular weight excluding hydrogens is 430 g/mol. The first-order chi connectivity index (χ1) is 13.7. The van der Waals surface area contributed by atoms with Crippen molar-refractivity contribution in [1.29, 1.82) is 0 Å². The lowest BCUT2D eigenvalue weighted by molar-refractivity contribution is -0.141. The Hall–Kier alpha value is -2.91. The van der Waals surface area contributed by atoms with Crippen molar-refractivity contribution in [3.8, 4) is 17.3 Å². The molecule has 148 valence electrons. The average Bonchev–Trinajstić information content (AvgIpc) is 3.11. The molecule has 3 aromatic heterocycles. The molecule has 0 radical (unpaired) electrons. The molecule has 0 aliphatic carbocycles. The smallest absolute Gasteiger partial charge is 0.294 e. The van der Waals surface area contributed by atoms with Crippen molar-refractivity contribution >= 4 is 34.1 Å². The van der Waals surface area contributed by atoms with Crippen LogP contribution in [0.5, 0.6) is 0 Å². The molecule has 4 aromatic rings. The van der Waals surface area contributed by atoms with Crippen molar-refractivity contribution in [2.24, 2.45) is 7.05 Å². The number of benzene rings is 1. The lowest BCUT2D eigenvalue weighted by Gasteiger charge is -2.12. The summed E-state index contributed by atoms with van der Waals surface area (Å²) in [5.74, 6) is -0.103. The number of hydrogen-bond donors (Lipinski definition) is 0. The van der Waals surface area contributed by atoms with Crippen LogP contribution in [0.2, 0.25) is 10.0 Å². The molecule has 4 rings (SSSR count). The maximum absolute atomic E-state index is 13.4. The van der Waals surface area contributed by atoms with Gasteiger partial charge in [-0.25, -0.2) is 14.6 Å². The Bertz CT molecular complexity index is 1310. The standard InChI is InChI=1S/C18H10Cl2F3N5O/c1-27-16(25-14-9(17(27)29)4-2-5-10(14)19)12-8-13(18(21,22)23)26-28(12)15-11(20)6-3-7-24-15/h2-8H,1H3. The van der Waals surface area contributed by atoms with Gasteiger partial charge in [0.2, 0.25) is 0 Å². The lowest BCUT2D eigenvalue weighted by atomic mass is 10.2. The van der Waals surface area contributed by atoms with E-state index in [4.69, 9.17) is 23.2 Å². The van der Waals surface area contributed by atoms with Crippen LogP contribution in [0.4, 0.5) is 13.2 Å². The van der Waals surface area contributed by atoms with Gasteiger partial charge in [-0.05, 0) is 24.3 Å². The summed E-state index contributed by atoms with van der Waals surface area (Å²) >= 11 is 12.3. The monoisotopic (exact) mass is 439 g/mol. The molecule has 0 amide bonds. The summed E-state index contributed by atoms with van der Waals surface area (Å²) in [5.41, 5.74) is -1.59. The number of fused-ring (bicyclic) bond motifs is 1. The largest absolute Gasteiger partial charge is 0.435 e. The van der Waals surface area contributed by atoms with E-state index in [9.17, 15) is 18.0 Å². The van der Waals surface area contributed by atoms with E-state index in [1.807, 2.05) is 0 Å². The Labute approximate surface area is 171 Å².